The van der Waals surface area contributed by atoms with E-state index in [4.69, 9.17) is 0 Å². The van der Waals surface area contributed by atoms with Crippen LogP contribution >= 0.6 is 11.8 Å². The highest BCUT2D eigenvalue weighted by Crippen LogP contribution is 2.26. The standard InChI is InChI=1S/C24H20F2N4O2S/c1-2-20(22(31)28-18-11-9-17(26)10-12-18)33-24-29-21-19(4-3-13-27-21)23(32)30(24)14-15-5-7-16(25)8-6-15/h3-13,20H,2,14H2,1H3,(H,28,31). The molecule has 0 spiro atoms. The second-order valence-electron chi connectivity index (χ2n) is 7.30. The van der Waals surface area contributed by atoms with Crippen LogP contribution in [0, 0.1) is 11.6 Å². The number of hydrogen-bond acceptors (Lipinski definition) is 5. The Morgan fingerprint density at radius 1 is 1.06 bits per heavy atom. The van der Waals surface area contributed by atoms with Gasteiger partial charge < -0.3 is 5.32 Å². The van der Waals surface area contributed by atoms with Crippen LogP contribution in [0.25, 0.3) is 11.0 Å². The van der Waals surface area contributed by atoms with E-state index in [2.05, 4.69) is 15.3 Å². The number of rotatable bonds is 7. The lowest BCUT2D eigenvalue weighted by Crippen LogP contribution is -2.28. The van der Waals surface area contributed by atoms with Crippen LogP contribution in [0.15, 0.2) is 76.8 Å². The highest BCUT2D eigenvalue weighted by Gasteiger charge is 2.22. The summed E-state index contributed by atoms with van der Waals surface area (Å²) >= 11 is 1.15. The predicted molar refractivity (Wildman–Crippen MR) is 124 cm³/mol. The summed E-state index contributed by atoms with van der Waals surface area (Å²) < 4.78 is 28.0. The summed E-state index contributed by atoms with van der Waals surface area (Å²) in [5, 5.41) is 2.89. The van der Waals surface area contributed by atoms with Crippen LogP contribution in [0.3, 0.4) is 0 Å². The van der Waals surface area contributed by atoms with Gasteiger partial charge >= 0.3 is 0 Å². The number of nitrogens with zero attached hydrogens (tertiary/aromatic N) is 3. The van der Waals surface area contributed by atoms with Crippen LogP contribution in [-0.2, 0) is 11.3 Å². The van der Waals surface area contributed by atoms with Crippen molar-refractivity contribution in [1.82, 2.24) is 14.5 Å². The lowest BCUT2D eigenvalue weighted by Gasteiger charge is -2.18. The van der Waals surface area contributed by atoms with Gasteiger partial charge in [0.25, 0.3) is 5.56 Å². The van der Waals surface area contributed by atoms with Gasteiger partial charge in [0.1, 0.15) is 11.6 Å². The molecule has 2 aromatic carbocycles. The number of aromatic nitrogens is 3. The number of nitrogens with one attached hydrogen (secondary N) is 1. The molecule has 4 aromatic rings. The third kappa shape index (κ3) is 5.25. The molecule has 168 valence electrons. The highest BCUT2D eigenvalue weighted by atomic mass is 32.2. The summed E-state index contributed by atoms with van der Waals surface area (Å²) in [5.74, 6) is -1.06. The van der Waals surface area contributed by atoms with E-state index < -0.39 is 11.1 Å². The van der Waals surface area contributed by atoms with Gasteiger partial charge in [-0.15, -0.1) is 0 Å². The second kappa shape index (κ2) is 9.91. The molecule has 2 heterocycles. The lowest BCUT2D eigenvalue weighted by atomic mass is 10.2. The van der Waals surface area contributed by atoms with Crippen molar-refractivity contribution in [3.63, 3.8) is 0 Å². The first-order chi connectivity index (χ1) is 15.9. The van der Waals surface area contributed by atoms with Crippen LogP contribution in [0.2, 0.25) is 0 Å². The molecule has 0 aliphatic heterocycles. The number of pyridine rings is 1. The Kier molecular flexibility index (Phi) is 6.79. The number of benzene rings is 2. The third-order valence-electron chi connectivity index (χ3n) is 4.97. The fourth-order valence-electron chi connectivity index (χ4n) is 3.24. The van der Waals surface area contributed by atoms with E-state index in [1.807, 2.05) is 6.92 Å². The van der Waals surface area contributed by atoms with Crippen LogP contribution in [0.5, 0.6) is 0 Å². The van der Waals surface area contributed by atoms with Crippen molar-refractivity contribution in [2.45, 2.75) is 30.3 Å². The molecule has 2 aromatic heterocycles. The van der Waals surface area contributed by atoms with Gasteiger partial charge in [0.2, 0.25) is 5.91 Å². The Balaban J connectivity index is 1.68. The number of carbonyl (C=O) groups is 1. The fourth-order valence-corrected chi connectivity index (χ4v) is 4.24. The Labute approximate surface area is 192 Å². The Hall–Kier alpha value is -3.59. The average molecular weight is 467 g/mol. The Morgan fingerprint density at radius 3 is 2.39 bits per heavy atom. The molecule has 1 atom stereocenters. The Bertz CT molecular complexity index is 1340. The first-order valence-electron chi connectivity index (χ1n) is 10.3. The van der Waals surface area contributed by atoms with Crippen molar-refractivity contribution >= 4 is 34.4 Å². The van der Waals surface area contributed by atoms with Crippen molar-refractivity contribution < 1.29 is 13.6 Å². The maximum absolute atomic E-state index is 13.3. The summed E-state index contributed by atoms with van der Waals surface area (Å²) in [7, 11) is 0. The number of carbonyl (C=O) groups excluding carboxylic acids is 1. The number of hydrogen-bond donors (Lipinski definition) is 1. The molecule has 0 fully saturated rings. The van der Waals surface area contributed by atoms with Gasteiger partial charge in [-0.2, -0.15) is 0 Å². The quantitative estimate of drug-likeness (QED) is 0.318. The third-order valence-corrected chi connectivity index (χ3v) is 6.33. The van der Waals surface area contributed by atoms with Gasteiger partial charge in [0.05, 0.1) is 17.2 Å². The molecule has 6 nitrogen and oxygen atoms in total. The predicted octanol–water partition coefficient (Wildman–Crippen LogP) is 4.63. The van der Waals surface area contributed by atoms with Gasteiger partial charge in [-0.05, 0) is 60.5 Å². The maximum Gasteiger partial charge on any atom is 0.263 e. The second-order valence-corrected chi connectivity index (χ2v) is 8.47. The molecule has 0 radical (unpaired) electrons. The largest absolute Gasteiger partial charge is 0.325 e. The maximum atomic E-state index is 13.3. The topological polar surface area (TPSA) is 76.9 Å². The van der Waals surface area contributed by atoms with Gasteiger partial charge in [-0.1, -0.05) is 30.8 Å². The molecule has 0 bridgehead atoms. The first kappa shape index (κ1) is 22.6. The molecule has 1 amide bonds. The lowest BCUT2D eigenvalue weighted by molar-refractivity contribution is -0.115. The smallest absolute Gasteiger partial charge is 0.263 e. The summed E-state index contributed by atoms with van der Waals surface area (Å²) in [6.45, 7) is 2.01. The van der Waals surface area contributed by atoms with Crippen molar-refractivity contribution in [1.29, 1.82) is 0 Å². The van der Waals surface area contributed by atoms with Gasteiger partial charge in [-0.25, -0.2) is 18.7 Å². The highest BCUT2D eigenvalue weighted by molar-refractivity contribution is 8.00. The number of amides is 1. The van der Waals surface area contributed by atoms with E-state index in [1.165, 1.54) is 41.0 Å². The molecule has 1 unspecified atom stereocenters. The number of halogens is 2. The normalized spacial score (nSPS) is 12.0. The summed E-state index contributed by atoms with van der Waals surface area (Å²) in [6, 6.07) is 14.6. The van der Waals surface area contributed by atoms with Crippen LogP contribution in [-0.4, -0.2) is 25.7 Å². The zero-order valence-electron chi connectivity index (χ0n) is 17.7. The van der Waals surface area contributed by atoms with Crippen molar-refractivity contribution in [2.75, 3.05) is 5.32 Å². The summed E-state index contributed by atoms with van der Waals surface area (Å²) in [4.78, 5) is 34.9. The molecule has 33 heavy (non-hydrogen) atoms. The molecule has 0 saturated carbocycles. The van der Waals surface area contributed by atoms with E-state index in [0.29, 0.717) is 28.2 Å². The molecule has 1 N–H and O–H groups in total. The number of fused-ring (bicyclic) bond motifs is 1. The first-order valence-corrected chi connectivity index (χ1v) is 11.2. The molecular formula is C24H20F2N4O2S. The van der Waals surface area contributed by atoms with E-state index in [1.54, 1.807) is 30.5 Å². The van der Waals surface area contributed by atoms with E-state index in [9.17, 15) is 18.4 Å². The molecule has 0 aliphatic carbocycles. The fraction of sp³-hybridized carbons (Fsp3) is 0.167. The minimum atomic E-state index is -0.567. The van der Waals surface area contributed by atoms with E-state index >= 15 is 0 Å². The molecule has 0 aliphatic rings. The number of thioether (sulfide) groups is 1. The zero-order chi connectivity index (χ0) is 23.4. The minimum absolute atomic E-state index is 0.162. The van der Waals surface area contributed by atoms with Crippen molar-refractivity contribution in [3.8, 4) is 0 Å². The summed E-state index contributed by atoms with van der Waals surface area (Å²) in [5.41, 5.74) is 1.18. The van der Waals surface area contributed by atoms with Crippen molar-refractivity contribution in [3.05, 3.63) is 94.4 Å². The SMILES string of the molecule is CCC(Sc1nc2ncccc2c(=O)n1Cc1ccc(F)cc1)C(=O)Nc1ccc(F)cc1. The number of anilines is 1. The van der Waals surface area contributed by atoms with Gasteiger partial charge in [0, 0.05) is 11.9 Å². The van der Waals surface area contributed by atoms with Crippen LogP contribution in [0.4, 0.5) is 14.5 Å². The molecule has 4 rings (SSSR count). The van der Waals surface area contributed by atoms with Gasteiger partial charge in [-0.3, -0.25) is 14.2 Å². The van der Waals surface area contributed by atoms with E-state index in [0.717, 1.165) is 11.8 Å². The zero-order valence-corrected chi connectivity index (χ0v) is 18.5. The molecular weight excluding hydrogens is 446 g/mol. The molecule has 0 saturated heterocycles. The van der Waals surface area contributed by atoms with Gasteiger partial charge in [0.15, 0.2) is 10.8 Å². The summed E-state index contributed by atoms with van der Waals surface area (Å²) in [6.07, 6.45) is 2.01. The minimum Gasteiger partial charge on any atom is -0.325 e. The average Bonchev–Trinajstić information content (AvgIpc) is 2.82. The van der Waals surface area contributed by atoms with Crippen LogP contribution in [0.1, 0.15) is 18.9 Å². The van der Waals surface area contributed by atoms with E-state index in [-0.39, 0.29) is 29.5 Å². The molecule has 9 heteroatoms. The van der Waals surface area contributed by atoms with Crippen molar-refractivity contribution in [2.24, 2.45) is 0 Å². The Morgan fingerprint density at radius 2 is 1.73 bits per heavy atom. The monoisotopic (exact) mass is 466 g/mol. The van der Waals surface area contributed by atoms with Crippen LogP contribution < -0.4 is 10.9 Å².